The van der Waals surface area contributed by atoms with Crippen molar-refractivity contribution in [3.8, 4) is 11.5 Å². The van der Waals surface area contributed by atoms with Crippen molar-refractivity contribution >= 4 is 5.69 Å². The van der Waals surface area contributed by atoms with Gasteiger partial charge in [-0.2, -0.15) is 0 Å². The molecule has 2 rings (SSSR count). The van der Waals surface area contributed by atoms with Crippen molar-refractivity contribution in [2.75, 3.05) is 18.9 Å². The van der Waals surface area contributed by atoms with Crippen LogP contribution in [-0.2, 0) is 0 Å². The maximum absolute atomic E-state index is 13.6. The van der Waals surface area contributed by atoms with Crippen molar-refractivity contribution in [3.05, 3.63) is 53.8 Å². The van der Waals surface area contributed by atoms with Crippen LogP contribution >= 0.6 is 0 Å². The van der Waals surface area contributed by atoms with Crippen molar-refractivity contribution in [1.82, 2.24) is 0 Å². The fourth-order valence-electron chi connectivity index (χ4n) is 1.73. The van der Waals surface area contributed by atoms with Crippen LogP contribution in [0.15, 0.2) is 42.5 Å². The van der Waals surface area contributed by atoms with E-state index < -0.39 is 0 Å². The van der Waals surface area contributed by atoms with Crippen molar-refractivity contribution in [2.45, 2.75) is 13.3 Å². The minimum absolute atomic E-state index is 0.289. The van der Waals surface area contributed by atoms with E-state index in [1.54, 1.807) is 37.3 Å². The van der Waals surface area contributed by atoms with E-state index in [0.717, 1.165) is 5.75 Å². The van der Waals surface area contributed by atoms with Crippen LogP contribution in [-0.4, -0.2) is 13.2 Å². The minimum atomic E-state index is -0.299. The van der Waals surface area contributed by atoms with Gasteiger partial charge in [-0.05, 0) is 42.8 Å². The minimum Gasteiger partial charge on any atom is -0.493 e. The molecule has 4 heteroatoms. The molecule has 0 aliphatic rings. The predicted molar refractivity (Wildman–Crippen MR) is 77.6 cm³/mol. The molecule has 20 heavy (non-hydrogen) atoms. The molecule has 3 nitrogen and oxygen atoms in total. The van der Waals surface area contributed by atoms with E-state index in [-0.39, 0.29) is 11.6 Å². The topological polar surface area (TPSA) is 44.5 Å². The molecule has 2 aromatic rings. The third-order valence-electron chi connectivity index (χ3n) is 2.85. The third kappa shape index (κ3) is 3.88. The lowest BCUT2D eigenvalue weighted by Crippen LogP contribution is -2.06. The van der Waals surface area contributed by atoms with Gasteiger partial charge in [-0.3, -0.25) is 0 Å². The van der Waals surface area contributed by atoms with E-state index in [0.29, 0.717) is 30.9 Å². The van der Waals surface area contributed by atoms with Gasteiger partial charge in [0, 0.05) is 12.1 Å². The molecule has 0 radical (unpaired) electrons. The molecular weight excluding hydrogens is 257 g/mol. The van der Waals surface area contributed by atoms with E-state index in [4.69, 9.17) is 15.2 Å². The average molecular weight is 275 g/mol. The number of halogens is 1. The van der Waals surface area contributed by atoms with E-state index in [1.165, 1.54) is 0 Å². The van der Waals surface area contributed by atoms with Crippen molar-refractivity contribution in [3.63, 3.8) is 0 Å². The first-order valence-electron chi connectivity index (χ1n) is 6.53. The predicted octanol–water partition coefficient (Wildman–Crippen LogP) is 3.56. The maximum atomic E-state index is 13.6. The van der Waals surface area contributed by atoms with Crippen LogP contribution in [0.4, 0.5) is 10.1 Å². The maximum Gasteiger partial charge on any atom is 0.167 e. The highest BCUT2D eigenvalue weighted by Gasteiger charge is 2.05. The van der Waals surface area contributed by atoms with Crippen LogP contribution in [0.25, 0.3) is 0 Å². The Balaban J connectivity index is 1.71. The zero-order valence-electron chi connectivity index (χ0n) is 11.4. The molecule has 0 aliphatic heterocycles. The molecule has 2 N–H and O–H groups in total. The van der Waals surface area contributed by atoms with E-state index in [2.05, 4.69) is 0 Å². The van der Waals surface area contributed by atoms with Gasteiger partial charge >= 0.3 is 0 Å². The fourth-order valence-corrected chi connectivity index (χ4v) is 1.73. The van der Waals surface area contributed by atoms with Crippen LogP contribution in [0.3, 0.4) is 0 Å². The van der Waals surface area contributed by atoms with Crippen LogP contribution < -0.4 is 15.2 Å². The summed E-state index contributed by atoms with van der Waals surface area (Å²) < 4.78 is 24.6. The summed E-state index contributed by atoms with van der Waals surface area (Å²) in [5, 5.41) is 0. The molecular formula is C16H18FNO2. The number of hydrogen-bond donors (Lipinski definition) is 1. The quantitative estimate of drug-likeness (QED) is 0.647. The molecule has 2 aromatic carbocycles. The highest BCUT2D eigenvalue weighted by molar-refractivity contribution is 5.41. The normalized spacial score (nSPS) is 10.3. The first-order valence-corrected chi connectivity index (χ1v) is 6.53. The summed E-state index contributed by atoms with van der Waals surface area (Å²) in [6.45, 7) is 2.64. The monoisotopic (exact) mass is 275 g/mol. The average Bonchev–Trinajstić information content (AvgIpc) is 2.45. The number of nitrogens with two attached hydrogens (primary N) is 1. The summed E-state index contributed by atoms with van der Waals surface area (Å²) in [5.41, 5.74) is 6.87. The molecule has 0 saturated heterocycles. The summed E-state index contributed by atoms with van der Waals surface area (Å²) in [4.78, 5) is 0. The van der Waals surface area contributed by atoms with E-state index in [1.807, 2.05) is 12.1 Å². The Labute approximate surface area is 118 Å². The Bertz CT molecular complexity index is 555. The van der Waals surface area contributed by atoms with Gasteiger partial charge in [0.2, 0.25) is 0 Å². The largest absolute Gasteiger partial charge is 0.493 e. The Kier molecular flexibility index (Phi) is 4.82. The third-order valence-corrected chi connectivity index (χ3v) is 2.85. The van der Waals surface area contributed by atoms with Crippen molar-refractivity contribution in [2.24, 2.45) is 0 Å². The fraction of sp³-hybridized carbons (Fsp3) is 0.250. The molecule has 0 spiro atoms. The van der Waals surface area contributed by atoms with Crippen molar-refractivity contribution < 1.29 is 13.9 Å². The molecule has 0 fully saturated rings. The number of ether oxygens (including phenoxy) is 2. The number of rotatable bonds is 6. The van der Waals surface area contributed by atoms with Gasteiger partial charge in [-0.15, -0.1) is 0 Å². The highest BCUT2D eigenvalue weighted by atomic mass is 19.1. The smallest absolute Gasteiger partial charge is 0.167 e. The zero-order chi connectivity index (χ0) is 14.4. The van der Waals surface area contributed by atoms with Crippen LogP contribution in [0, 0.1) is 12.7 Å². The highest BCUT2D eigenvalue weighted by Crippen LogP contribution is 2.19. The SMILES string of the molecule is Cc1cccc(OCCCOc2ccc(N)cc2)c1F. The Morgan fingerprint density at radius 1 is 1.00 bits per heavy atom. The van der Waals surface area contributed by atoms with Crippen LogP contribution in [0.5, 0.6) is 11.5 Å². The van der Waals surface area contributed by atoms with Crippen LogP contribution in [0.2, 0.25) is 0 Å². The number of benzene rings is 2. The Morgan fingerprint density at radius 3 is 2.45 bits per heavy atom. The number of hydrogen-bond acceptors (Lipinski definition) is 3. The summed E-state index contributed by atoms with van der Waals surface area (Å²) in [6, 6.07) is 12.3. The van der Waals surface area contributed by atoms with E-state index >= 15 is 0 Å². The van der Waals surface area contributed by atoms with Gasteiger partial charge in [-0.25, -0.2) is 4.39 Å². The van der Waals surface area contributed by atoms with Gasteiger partial charge in [0.25, 0.3) is 0 Å². The number of aryl methyl sites for hydroxylation is 1. The van der Waals surface area contributed by atoms with Crippen LogP contribution in [0.1, 0.15) is 12.0 Å². The molecule has 106 valence electrons. The van der Waals surface area contributed by atoms with E-state index in [9.17, 15) is 4.39 Å². The summed E-state index contributed by atoms with van der Waals surface area (Å²) in [7, 11) is 0. The van der Waals surface area contributed by atoms with Gasteiger partial charge in [-0.1, -0.05) is 12.1 Å². The first kappa shape index (κ1) is 14.2. The van der Waals surface area contributed by atoms with Gasteiger partial charge in [0.15, 0.2) is 11.6 Å². The molecule has 0 heterocycles. The molecule has 0 bridgehead atoms. The second kappa shape index (κ2) is 6.80. The molecule has 0 atom stereocenters. The lowest BCUT2D eigenvalue weighted by Gasteiger charge is -2.09. The molecule has 0 aromatic heterocycles. The second-order valence-electron chi connectivity index (χ2n) is 4.51. The second-order valence-corrected chi connectivity index (χ2v) is 4.51. The molecule has 0 amide bonds. The lowest BCUT2D eigenvalue weighted by atomic mass is 10.2. The first-order chi connectivity index (χ1) is 9.66. The van der Waals surface area contributed by atoms with Gasteiger partial charge in [0.05, 0.1) is 13.2 Å². The number of anilines is 1. The molecule has 0 aliphatic carbocycles. The van der Waals surface area contributed by atoms with Gasteiger partial charge in [0.1, 0.15) is 5.75 Å². The Morgan fingerprint density at radius 2 is 1.70 bits per heavy atom. The standard InChI is InChI=1S/C16H18FNO2/c1-12-4-2-5-15(16(12)17)20-11-3-10-19-14-8-6-13(18)7-9-14/h2,4-9H,3,10-11,18H2,1H3. The molecule has 0 saturated carbocycles. The summed E-state index contributed by atoms with van der Waals surface area (Å²) in [6.07, 6.45) is 0.678. The number of nitrogen functional groups attached to an aromatic ring is 1. The van der Waals surface area contributed by atoms with Crippen molar-refractivity contribution in [1.29, 1.82) is 0 Å². The summed E-state index contributed by atoms with van der Waals surface area (Å²) in [5.74, 6) is 0.755. The lowest BCUT2D eigenvalue weighted by molar-refractivity contribution is 0.241. The Hall–Kier alpha value is -2.23. The summed E-state index contributed by atoms with van der Waals surface area (Å²) >= 11 is 0. The van der Waals surface area contributed by atoms with Gasteiger partial charge < -0.3 is 15.2 Å². The zero-order valence-corrected chi connectivity index (χ0v) is 11.4. The molecule has 0 unspecified atom stereocenters.